The molecule has 1 rings (SSSR count). The molecule has 0 unspecified atom stereocenters. The summed E-state index contributed by atoms with van der Waals surface area (Å²) in [5, 5.41) is 0. The van der Waals surface area contributed by atoms with E-state index in [1.54, 1.807) is 0 Å². The van der Waals surface area contributed by atoms with Crippen molar-refractivity contribution < 1.29 is 0 Å². The topological polar surface area (TPSA) is 234 Å². The lowest BCUT2D eigenvalue weighted by Gasteiger charge is -2.12. The second kappa shape index (κ2) is 5.36. The maximum atomic E-state index is 5.90. The molecule has 0 amide bonds. The van der Waals surface area contributed by atoms with E-state index in [2.05, 4.69) is 0 Å². The zero-order valence-corrected chi connectivity index (χ0v) is 11.0. The first-order chi connectivity index (χ1) is 9.22. The molecule has 0 radical (unpaired) electrons. The maximum Gasteiger partial charge on any atom is 0.0806 e. The Bertz CT molecular complexity index is 559. The van der Waals surface area contributed by atoms with E-state index in [0.717, 1.165) is 0 Å². The smallest absolute Gasteiger partial charge is 0.0806 e. The van der Waals surface area contributed by atoms with Crippen molar-refractivity contribution in [3.05, 3.63) is 11.6 Å². The van der Waals surface area contributed by atoms with Crippen molar-refractivity contribution in [3.63, 3.8) is 0 Å². The highest BCUT2D eigenvalue weighted by atomic mass is 14.8. The van der Waals surface area contributed by atoms with Crippen molar-refractivity contribution in [2.45, 2.75) is 6.54 Å². The predicted molar refractivity (Wildman–Crippen MR) is 87.3 cm³/mol. The summed E-state index contributed by atoms with van der Waals surface area (Å²) in [7, 11) is 0. The Hall–Kier alpha value is -2.94. The molecule has 1 aromatic carbocycles. The van der Waals surface area contributed by atoms with Crippen LogP contribution in [0, 0.1) is 0 Å². The van der Waals surface area contributed by atoms with Gasteiger partial charge in [0.15, 0.2) is 0 Å². The Morgan fingerprint density at radius 3 is 1.20 bits per heavy atom. The number of rotatable bonds is 1. The second-order valence-electron chi connectivity index (χ2n) is 4.22. The Kier molecular flexibility index (Phi) is 4.05. The Morgan fingerprint density at radius 2 is 0.900 bits per heavy atom. The summed E-state index contributed by atoms with van der Waals surface area (Å²) in [6, 6.07) is 1.33. The van der Waals surface area contributed by atoms with Crippen molar-refractivity contribution in [2.75, 3.05) is 45.9 Å². The zero-order valence-electron chi connectivity index (χ0n) is 11.0. The van der Waals surface area contributed by atoms with Crippen LogP contribution < -0.4 is 51.6 Å². The van der Waals surface area contributed by atoms with E-state index in [4.69, 9.17) is 51.6 Å². The molecule has 1 aromatic rings. The van der Waals surface area contributed by atoms with Gasteiger partial charge in [0.1, 0.15) is 0 Å². The van der Waals surface area contributed by atoms with Crippen molar-refractivity contribution in [3.8, 4) is 0 Å². The number of nitrogens with two attached hydrogens (primary N) is 9. The van der Waals surface area contributed by atoms with E-state index in [-0.39, 0.29) is 52.0 Å². The summed E-state index contributed by atoms with van der Waals surface area (Å²) in [6.45, 7) is -0.0108. The molecule has 110 valence electrons. The standard InChI is InChI=1S/C11H21N9/c12-2-3-6(15)10(19)8(17)4(13)1-5(14)9(18)11(20)7(3)16/h1H,2,12-20H2. The van der Waals surface area contributed by atoms with Gasteiger partial charge < -0.3 is 51.6 Å². The predicted octanol–water partition coefficient (Wildman–Crippen LogP) is -1.07. The molecule has 9 heteroatoms. The molecule has 0 aliphatic rings. The van der Waals surface area contributed by atoms with Gasteiger partial charge in [-0.25, -0.2) is 0 Å². The van der Waals surface area contributed by atoms with E-state index in [9.17, 15) is 0 Å². The lowest BCUT2D eigenvalue weighted by Crippen LogP contribution is -2.11. The first-order valence-electron chi connectivity index (χ1n) is 5.65. The van der Waals surface area contributed by atoms with Crippen LogP contribution in [0.3, 0.4) is 0 Å². The molecule has 0 saturated heterocycles. The van der Waals surface area contributed by atoms with Crippen LogP contribution >= 0.6 is 0 Å². The summed E-state index contributed by atoms with van der Waals surface area (Å²) in [6.07, 6.45) is 0. The van der Waals surface area contributed by atoms with Gasteiger partial charge in [-0.1, -0.05) is 0 Å². The second-order valence-corrected chi connectivity index (χ2v) is 4.22. The number of nitrogen functional groups attached to an aromatic ring is 8. The average Bonchev–Trinajstić information content (AvgIpc) is 2.43. The largest absolute Gasteiger partial charge is 0.397 e. The van der Waals surface area contributed by atoms with E-state index in [1.165, 1.54) is 6.07 Å². The lowest BCUT2D eigenvalue weighted by molar-refractivity contribution is 1.08. The highest BCUT2D eigenvalue weighted by Crippen LogP contribution is 2.35. The van der Waals surface area contributed by atoms with Crippen LogP contribution in [0.2, 0.25) is 0 Å². The molecule has 18 N–H and O–H groups in total. The van der Waals surface area contributed by atoms with Crippen molar-refractivity contribution in [2.24, 2.45) is 5.73 Å². The summed E-state index contributed by atoms with van der Waals surface area (Å²) < 4.78 is 0. The van der Waals surface area contributed by atoms with Crippen LogP contribution in [0.5, 0.6) is 0 Å². The molecule has 0 spiro atoms. The molecule has 0 aliphatic carbocycles. The van der Waals surface area contributed by atoms with Crippen LogP contribution in [0.15, 0.2) is 6.07 Å². The minimum Gasteiger partial charge on any atom is -0.397 e. The summed E-state index contributed by atoms with van der Waals surface area (Å²) in [5.74, 6) is 0. The van der Waals surface area contributed by atoms with E-state index >= 15 is 0 Å². The van der Waals surface area contributed by atoms with E-state index in [1.807, 2.05) is 0 Å². The summed E-state index contributed by atoms with van der Waals surface area (Å²) in [4.78, 5) is 0. The van der Waals surface area contributed by atoms with E-state index in [0.29, 0.717) is 5.56 Å². The normalized spacial score (nSPS) is 10.1. The van der Waals surface area contributed by atoms with Gasteiger partial charge in [0.2, 0.25) is 0 Å². The number of hydrogen-bond donors (Lipinski definition) is 9. The third-order valence-electron chi connectivity index (χ3n) is 2.95. The van der Waals surface area contributed by atoms with Gasteiger partial charge in [-0.2, -0.15) is 0 Å². The molecule has 20 heavy (non-hydrogen) atoms. The molecular formula is C11H21N9. The van der Waals surface area contributed by atoms with Crippen LogP contribution in [0.25, 0.3) is 0 Å². The SMILES string of the molecule is NCc1c(N)c(N)c(N)c(N)cc(N)c(N)c(N)c1N. The Balaban J connectivity index is 4.14. The molecule has 0 atom stereocenters. The van der Waals surface area contributed by atoms with Gasteiger partial charge in [-0.15, -0.1) is 0 Å². The fourth-order valence-electron chi connectivity index (χ4n) is 1.61. The van der Waals surface area contributed by atoms with Gasteiger partial charge in [-0.3, -0.25) is 0 Å². The number of anilines is 8. The third kappa shape index (κ3) is 2.42. The summed E-state index contributed by atoms with van der Waals surface area (Å²) in [5.41, 5.74) is 53.2. The van der Waals surface area contributed by atoms with Crippen molar-refractivity contribution in [1.29, 1.82) is 0 Å². The first kappa shape index (κ1) is 15.1. The van der Waals surface area contributed by atoms with E-state index < -0.39 is 0 Å². The van der Waals surface area contributed by atoms with Gasteiger partial charge in [0.25, 0.3) is 0 Å². The third-order valence-corrected chi connectivity index (χ3v) is 2.95. The maximum absolute atomic E-state index is 5.90. The molecule has 0 fully saturated rings. The van der Waals surface area contributed by atoms with Gasteiger partial charge in [0.05, 0.1) is 45.5 Å². The molecular weight excluding hydrogens is 258 g/mol. The van der Waals surface area contributed by atoms with Gasteiger partial charge in [0, 0.05) is 12.1 Å². The van der Waals surface area contributed by atoms with Crippen LogP contribution in [0.1, 0.15) is 5.56 Å². The van der Waals surface area contributed by atoms with Gasteiger partial charge in [-0.05, 0) is 6.07 Å². The highest BCUT2D eigenvalue weighted by molar-refractivity contribution is 5.93. The van der Waals surface area contributed by atoms with Crippen LogP contribution in [-0.2, 0) is 6.54 Å². The first-order valence-corrected chi connectivity index (χ1v) is 5.65. The zero-order chi connectivity index (χ0) is 15.6. The molecule has 9 nitrogen and oxygen atoms in total. The quantitative estimate of drug-likeness (QED) is 0.303. The molecule has 0 bridgehead atoms. The molecule has 0 aromatic heterocycles. The fourth-order valence-corrected chi connectivity index (χ4v) is 1.61. The monoisotopic (exact) mass is 279 g/mol. The van der Waals surface area contributed by atoms with Crippen molar-refractivity contribution in [1.82, 2.24) is 0 Å². The Morgan fingerprint density at radius 1 is 0.550 bits per heavy atom. The minimum absolute atomic E-state index is 0.0108. The van der Waals surface area contributed by atoms with Crippen LogP contribution in [-0.4, -0.2) is 0 Å². The highest BCUT2D eigenvalue weighted by Gasteiger charge is 2.11. The fraction of sp³-hybridized carbons (Fsp3) is 0.0909. The lowest BCUT2D eigenvalue weighted by atomic mass is 10.1. The number of hydrogen-bond acceptors (Lipinski definition) is 9. The van der Waals surface area contributed by atoms with Crippen molar-refractivity contribution >= 4 is 45.5 Å². The molecule has 0 heterocycles. The molecule has 0 saturated carbocycles. The molecule has 0 aliphatic heterocycles. The average molecular weight is 279 g/mol. The minimum atomic E-state index is -0.0108. The van der Waals surface area contributed by atoms with Crippen LogP contribution in [0.4, 0.5) is 45.5 Å². The Labute approximate surface area is 116 Å². The van der Waals surface area contributed by atoms with Gasteiger partial charge >= 0.3 is 0 Å². The summed E-state index contributed by atoms with van der Waals surface area (Å²) >= 11 is 0.